The molecule has 1 aliphatic carbocycles. The van der Waals surface area contributed by atoms with Gasteiger partial charge in [0.05, 0.1) is 5.92 Å². The smallest absolute Gasteiger partial charge is 0.362 e. The van der Waals surface area contributed by atoms with E-state index in [4.69, 9.17) is 0 Å². The topological polar surface area (TPSA) is 52.9 Å². The van der Waals surface area contributed by atoms with Gasteiger partial charge in [0.2, 0.25) is 0 Å². The number of nitrogens with zero attached hydrogens (tertiary/aromatic N) is 2. The van der Waals surface area contributed by atoms with E-state index in [1.165, 1.54) is 12.1 Å². The molecule has 1 aromatic carbocycles. The Balaban J connectivity index is 2.01. The number of benzene rings is 1. The Hall–Kier alpha value is -1.89. The third kappa shape index (κ3) is 3.26. The molecule has 0 saturated heterocycles. The van der Waals surface area contributed by atoms with E-state index >= 15 is 0 Å². The summed E-state index contributed by atoms with van der Waals surface area (Å²) in [7, 11) is 0. The van der Waals surface area contributed by atoms with Crippen LogP contribution in [-0.2, 0) is 0 Å². The molecule has 1 aromatic rings. The predicted molar refractivity (Wildman–Crippen MR) is 96.1 cm³/mol. The van der Waals surface area contributed by atoms with E-state index in [0.29, 0.717) is 12.8 Å². The van der Waals surface area contributed by atoms with Crippen molar-refractivity contribution in [3.63, 3.8) is 0 Å². The number of amides is 1. The van der Waals surface area contributed by atoms with Crippen molar-refractivity contribution in [2.75, 3.05) is 0 Å². The molecule has 3 atom stereocenters. The van der Waals surface area contributed by atoms with E-state index in [0.717, 1.165) is 5.56 Å². The molecule has 0 bridgehead atoms. The molecule has 4 nitrogen and oxygen atoms in total. The molecule has 0 spiro atoms. The number of aliphatic hydroxyl groups is 1. The minimum Gasteiger partial charge on any atom is -0.362 e. The standard InChI is InChI=1S/C20H25F3N2O2/c1-12-5-7-13(8-6-12)17(26)25-19(27,20(21,22)23)15-11-14(18(2,3)4)9-10-16(15)24-25/h5-8,14-15,27H,9-11H2,1-4H3/t14-,15+,19+/m0/s1. The van der Waals surface area contributed by atoms with Gasteiger partial charge in [-0.05, 0) is 49.7 Å². The summed E-state index contributed by atoms with van der Waals surface area (Å²) in [6.45, 7) is 7.77. The number of hydrazone groups is 1. The first-order valence-corrected chi connectivity index (χ1v) is 9.13. The minimum absolute atomic E-state index is 0.00440. The predicted octanol–water partition coefficient (Wildman–Crippen LogP) is 4.52. The van der Waals surface area contributed by atoms with Crippen LogP contribution in [0, 0.1) is 24.2 Å². The van der Waals surface area contributed by atoms with Gasteiger partial charge < -0.3 is 5.11 Å². The zero-order valence-corrected chi connectivity index (χ0v) is 16.0. The number of carbonyl (C=O) groups is 1. The lowest BCUT2D eigenvalue weighted by atomic mass is 9.66. The van der Waals surface area contributed by atoms with Crippen molar-refractivity contribution < 1.29 is 23.1 Å². The van der Waals surface area contributed by atoms with Crippen LogP contribution in [0.3, 0.4) is 0 Å². The monoisotopic (exact) mass is 382 g/mol. The van der Waals surface area contributed by atoms with Gasteiger partial charge in [0.15, 0.2) is 0 Å². The van der Waals surface area contributed by atoms with Crippen LogP contribution in [0.5, 0.6) is 0 Å². The van der Waals surface area contributed by atoms with Gasteiger partial charge >= 0.3 is 6.18 Å². The number of aryl methyl sites for hydroxylation is 1. The number of hydrogen-bond acceptors (Lipinski definition) is 3. The van der Waals surface area contributed by atoms with Crippen molar-refractivity contribution in [1.82, 2.24) is 5.01 Å². The van der Waals surface area contributed by atoms with Crippen molar-refractivity contribution in [3.05, 3.63) is 35.4 Å². The maximum absolute atomic E-state index is 14.0. The van der Waals surface area contributed by atoms with Crippen LogP contribution < -0.4 is 0 Å². The molecule has 1 amide bonds. The van der Waals surface area contributed by atoms with Crippen molar-refractivity contribution >= 4 is 11.6 Å². The van der Waals surface area contributed by atoms with Crippen molar-refractivity contribution in [3.8, 4) is 0 Å². The molecule has 1 aliphatic heterocycles. The van der Waals surface area contributed by atoms with E-state index in [9.17, 15) is 23.1 Å². The van der Waals surface area contributed by atoms with E-state index < -0.39 is 23.7 Å². The lowest BCUT2D eigenvalue weighted by Gasteiger charge is -2.42. The summed E-state index contributed by atoms with van der Waals surface area (Å²) in [6, 6.07) is 6.20. The third-order valence-electron chi connectivity index (χ3n) is 5.84. The molecule has 2 aliphatic rings. The summed E-state index contributed by atoms with van der Waals surface area (Å²) in [5.41, 5.74) is -2.29. The molecule has 1 heterocycles. The highest BCUT2D eigenvalue weighted by atomic mass is 19.4. The van der Waals surface area contributed by atoms with E-state index in [2.05, 4.69) is 5.10 Å². The molecule has 1 fully saturated rings. The molecule has 3 rings (SSSR count). The lowest BCUT2D eigenvalue weighted by molar-refractivity contribution is -0.314. The molecule has 1 N–H and O–H groups in total. The van der Waals surface area contributed by atoms with E-state index in [-0.39, 0.29) is 34.0 Å². The quantitative estimate of drug-likeness (QED) is 0.776. The second-order valence-electron chi connectivity index (χ2n) is 8.69. The van der Waals surface area contributed by atoms with Gasteiger partial charge in [-0.3, -0.25) is 4.79 Å². The first kappa shape index (κ1) is 19.9. The molecule has 0 radical (unpaired) electrons. The number of halogens is 3. The number of rotatable bonds is 1. The Bertz CT molecular complexity index is 765. The van der Waals surface area contributed by atoms with Crippen LogP contribution in [0.25, 0.3) is 0 Å². The van der Waals surface area contributed by atoms with Gasteiger partial charge in [-0.2, -0.15) is 23.3 Å². The van der Waals surface area contributed by atoms with Crippen molar-refractivity contribution in [1.29, 1.82) is 0 Å². The van der Waals surface area contributed by atoms with Gasteiger partial charge in [-0.15, -0.1) is 0 Å². The summed E-state index contributed by atoms with van der Waals surface area (Å²) < 4.78 is 42.0. The average molecular weight is 382 g/mol. The van der Waals surface area contributed by atoms with Crippen LogP contribution >= 0.6 is 0 Å². The van der Waals surface area contributed by atoms with Crippen molar-refractivity contribution in [2.24, 2.45) is 22.4 Å². The fraction of sp³-hybridized carbons (Fsp3) is 0.600. The maximum atomic E-state index is 14.0. The molecule has 27 heavy (non-hydrogen) atoms. The minimum atomic E-state index is -5.01. The van der Waals surface area contributed by atoms with Gasteiger partial charge in [0, 0.05) is 11.3 Å². The Morgan fingerprint density at radius 3 is 2.33 bits per heavy atom. The molecule has 0 unspecified atom stereocenters. The SMILES string of the molecule is Cc1ccc(C(=O)N2N=C3CC[C@H](C(C)(C)C)C[C@H]3[C@@]2(O)C(F)(F)F)cc1. The molecule has 1 saturated carbocycles. The number of alkyl halides is 3. The molecule has 0 aromatic heterocycles. The van der Waals surface area contributed by atoms with Gasteiger partial charge in [0.25, 0.3) is 11.6 Å². The zero-order valence-electron chi connectivity index (χ0n) is 16.0. The fourth-order valence-electron chi connectivity index (χ4n) is 4.03. The van der Waals surface area contributed by atoms with Crippen LogP contribution in [0.15, 0.2) is 29.4 Å². The third-order valence-corrected chi connectivity index (χ3v) is 5.84. The summed E-state index contributed by atoms with van der Waals surface area (Å²) in [5, 5.41) is 15.1. The summed E-state index contributed by atoms with van der Waals surface area (Å²) in [5.74, 6) is -2.17. The largest absolute Gasteiger partial charge is 0.439 e. The normalized spacial score (nSPS) is 28.7. The van der Waals surface area contributed by atoms with Crippen LogP contribution in [0.2, 0.25) is 0 Å². The first-order chi connectivity index (χ1) is 12.4. The Kier molecular flexibility index (Phi) is 4.65. The zero-order chi connectivity index (χ0) is 20.2. The number of fused-ring (bicyclic) bond motifs is 1. The highest BCUT2D eigenvalue weighted by molar-refractivity contribution is 5.99. The molecule has 148 valence electrons. The highest BCUT2D eigenvalue weighted by Gasteiger charge is 2.69. The van der Waals surface area contributed by atoms with Gasteiger partial charge in [-0.25, -0.2) is 0 Å². The van der Waals surface area contributed by atoms with E-state index in [1.54, 1.807) is 12.1 Å². The second-order valence-corrected chi connectivity index (χ2v) is 8.69. The van der Waals surface area contributed by atoms with Crippen LogP contribution in [0.1, 0.15) is 56.0 Å². The molecular weight excluding hydrogens is 357 g/mol. The Morgan fingerprint density at radius 2 is 1.81 bits per heavy atom. The fourth-order valence-corrected chi connectivity index (χ4v) is 4.03. The highest BCUT2D eigenvalue weighted by Crippen LogP contribution is 2.52. The van der Waals surface area contributed by atoms with Gasteiger partial charge in [0.1, 0.15) is 0 Å². The van der Waals surface area contributed by atoms with Crippen LogP contribution in [-0.4, -0.2) is 33.6 Å². The second kappa shape index (κ2) is 6.33. The van der Waals surface area contributed by atoms with Gasteiger partial charge in [-0.1, -0.05) is 38.5 Å². The molecule has 7 heteroatoms. The maximum Gasteiger partial charge on any atom is 0.439 e. The number of hydrogen-bond donors (Lipinski definition) is 1. The summed E-state index contributed by atoms with van der Waals surface area (Å²) in [4.78, 5) is 12.8. The first-order valence-electron chi connectivity index (χ1n) is 9.13. The summed E-state index contributed by atoms with van der Waals surface area (Å²) >= 11 is 0. The Labute approximate surface area is 157 Å². The summed E-state index contributed by atoms with van der Waals surface area (Å²) in [6.07, 6.45) is -3.82. The van der Waals surface area contributed by atoms with Crippen LogP contribution in [0.4, 0.5) is 13.2 Å². The van der Waals surface area contributed by atoms with Crippen molar-refractivity contribution in [2.45, 2.75) is 58.9 Å². The number of carbonyl (C=O) groups excluding carboxylic acids is 1. The molecular formula is C20H25F3N2O2. The van der Waals surface area contributed by atoms with E-state index in [1.807, 2.05) is 27.7 Å². The lowest BCUT2D eigenvalue weighted by Crippen LogP contribution is -2.62. The Morgan fingerprint density at radius 1 is 1.22 bits per heavy atom. The average Bonchev–Trinajstić information content (AvgIpc) is 2.88.